The summed E-state index contributed by atoms with van der Waals surface area (Å²) < 4.78 is 9.81. The van der Waals surface area contributed by atoms with E-state index in [-0.39, 0.29) is 5.56 Å². The van der Waals surface area contributed by atoms with Crippen LogP contribution < -0.4 is 10.3 Å². The normalized spacial score (nSPS) is 14.5. The molecule has 0 aliphatic heterocycles. The van der Waals surface area contributed by atoms with Crippen LogP contribution in [0, 0.1) is 0 Å². The molecule has 1 saturated carbocycles. The topological polar surface area (TPSA) is 74.8 Å². The number of pyridine rings is 1. The zero-order valence-electron chi connectivity index (χ0n) is 19.1. The summed E-state index contributed by atoms with van der Waals surface area (Å²) in [6, 6.07) is 17.3. The molecule has 1 aliphatic rings. The van der Waals surface area contributed by atoms with Crippen molar-refractivity contribution in [3.8, 4) is 5.75 Å². The molecule has 8 heteroatoms. The standard InChI is InChI=1S/C26H28ClN5O2/c27-21-11-8-19(9-12-21)18-31-24-14-13-23(17-20(24)10-15-26(31)33)34-16-4-7-25-28-29-30-32(25)22-5-2-1-3-6-22/h8-15,17,22H,1-7,16,18H2. The molecule has 1 fully saturated rings. The van der Waals surface area contributed by atoms with Crippen molar-refractivity contribution in [2.75, 3.05) is 6.61 Å². The van der Waals surface area contributed by atoms with Crippen molar-refractivity contribution >= 4 is 22.5 Å². The first-order chi connectivity index (χ1) is 16.7. The summed E-state index contributed by atoms with van der Waals surface area (Å²) in [7, 11) is 0. The molecule has 2 aromatic carbocycles. The van der Waals surface area contributed by atoms with Gasteiger partial charge in [0.25, 0.3) is 5.56 Å². The maximum Gasteiger partial charge on any atom is 0.251 e. The molecule has 2 heterocycles. The molecule has 0 bridgehead atoms. The van der Waals surface area contributed by atoms with Gasteiger partial charge < -0.3 is 9.30 Å². The molecule has 34 heavy (non-hydrogen) atoms. The summed E-state index contributed by atoms with van der Waals surface area (Å²) in [4.78, 5) is 12.5. The zero-order valence-corrected chi connectivity index (χ0v) is 19.8. The Kier molecular flexibility index (Phi) is 6.90. The second-order valence-corrected chi connectivity index (χ2v) is 9.32. The molecule has 2 aromatic heterocycles. The molecule has 176 valence electrons. The molecule has 0 radical (unpaired) electrons. The Morgan fingerprint density at radius 3 is 2.65 bits per heavy atom. The van der Waals surface area contributed by atoms with Crippen molar-refractivity contribution in [3.05, 3.63) is 81.4 Å². The van der Waals surface area contributed by atoms with E-state index in [9.17, 15) is 4.79 Å². The van der Waals surface area contributed by atoms with Gasteiger partial charge in [0, 0.05) is 22.9 Å². The number of aryl methyl sites for hydroxylation is 1. The number of fused-ring (bicyclic) bond motifs is 1. The van der Waals surface area contributed by atoms with Crippen LogP contribution in [-0.4, -0.2) is 31.4 Å². The van der Waals surface area contributed by atoms with Gasteiger partial charge in [-0.3, -0.25) is 4.79 Å². The van der Waals surface area contributed by atoms with Crippen molar-refractivity contribution in [1.82, 2.24) is 24.8 Å². The molecular weight excluding hydrogens is 450 g/mol. The lowest BCUT2D eigenvalue weighted by atomic mass is 9.95. The average molecular weight is 478 g/mol. The summed E-state index contributed by atoms with van der Waals surface area (Å²) >= 11 is 5.99. The number of hydrogen-bond donors (Lipinski definition) is 0. The van der Waals surface area contributed by atoms with Crippen molar-refractivity contribution < 1.29 is 4.74 Å². The predicted molar refractivity (Wildman–Crippen MR) is 133 cm³/mol. The fourth-order valence-electron chi connectivity index (χ4n) is 4.71. The van der Waals surface area contributed by atoms with Gasteiger partial charge in [-0.1, -0.05) is 43.0 Å². The number of tetrazole rings is 1. The van der Waals surface area contributed by atoms with E-state index in [1.807, 2.05) is 53.2 Å². The summed E-state index contributed by atoms with van der Waals surface area (Å²) in [6.07, 6.45) is 7.76. The summed E-state index contributed by atoms with van der Waals surface area (Å²) in [5.41, 5.74) is 1.86. The van der Waals surface area contributed by atoms with Gasteiger partial charge in [-0.05, 0) is 71.7 Å². The van der Waals surface area contributed by atoms with E-state index in [0.717, 1.165) is 53.7 Å². The molecule has 0 unspecified atom stereocenters. The fourth-order valence-corrected chi connectivity index (χ4v) is 4.84. The van der Waals surface area contributed by atoms with Crippen molar-refractivity contribution in [2.24, 2.45) is 0 Å². The third-order valence-electron chi connectivity index (χ3n) is 6.51. The molecule has 1 aliphatic carbocycles. The van der Waals surface area contributed by atoms with E-state index in [2.05, 4.69) is 15.5 Å². The highest BCUT2D eigenvalue weighted by Crippen LogP contribution is 2.28. The number of nitrogens with zero attached hydrogens (tertiary/aromatic N) is 5. The lowest BCUT2D eigenvalue weighted by molar-refractivity contribution is 0.298. The van der Waals surface area contributed by atoms with Gasteiger partial charge in [0.1, 0.15) is 5.75 Å². The maximum absolute atomic E-state index is 12.5. The first-order valence-electron chi connectivity index (χ1n) is 11.9. The van der Waals surface area contributed by atoms with E-state index in [1.54, 1.807) is 10.6 Å². The van der Waals surface area contributed by atoms with Crippen LogP contribution in [0.5, 0.6) is 5.75 Å². The fraction of sp³-hybridized carbons (Fsp3) is 0.385. The number of benzene rings is 2. The second kappa shape index (κ2) is 10.4. The van der Waals surface area contributed by atoms with Crippen molar-refractivity contribution in [1.29, 1.82) is 0 Å². The minimum Gasteiger partial charge on any atom is -0.494 e. The summed E-state index contributed by atoms with van der Waals surface area (Å²) in [5.74, 6) is 1.73. The SMILES string of the molecule is O=c1ccc2cc(OCCCc3nnnn3C3CCCCC3)ccc2n1Cc1ccc(Cl)cc1. The Bertz CT molecular complexity index is 1310. The maximum atomic E-state index is 12.5. The smallest absolute Gasteiger partial charge is 0.251 e. The third-order valence-corrected chi connectivity index (χ3v) is 6.76. The predicted octanol–water partition coefficient (Wildman–Crippen LogP) is 5.21. The van der Waals surface area contributed by atoms with Crippen LogP contribution in [0.3, 0.4) is 0 Å². The van der Waals surface area contributed by atoms with Crippen LogP contribution in [0.1, 0.15) is 56.0 Å². The molecule has 7 nitrogen and oxygen atoms in total. The Labute approximate surface area is 203 Å². The van der Waals surface area contributed by atoms with Crippen LogP contribution in [0.2, 0.25) is 5.02 Å². The highest BCUT2D eigenvalue weighted by molar-refractivity contribution is 6.30. The molecule has 0 N–H and O–H groups in total. The first kappa shape index (κ1) is 22.6. The van der Waals surface area contributed by atoms with E-state index in [0.29, 0.717) is 24.2 Å². The number of ether oxygens (including phenoxy) is 1. The lowest BCUT2D eigenvalue weighted by Gasteiger charge is -2.22. The number of hydrogen-bond acceptors (Lipinski definition) is 5. The molecule has 0 saturated heterocycles. The Morgan fingerprint density at radius 1 is 1.00 bits per heavy atom. The van der Waals surface area contributed by atoms with Gasteiger partial charge in [-0.25, -0.2) is 4.68 Å². The monoisotopic (exact) mass is 477 g/mol. The van der Waals surface area contributed by atoms with E-state index >= 15 is 0 Å². The van der Waals surface area contributed by atoms with Crippen LogP contribution in [0.4, 0.5) is 0 Å². The van der Waals surface area contributed by atoms with Gasteiger partial charge in [0.15, 0.2) is 5.82 Å². The first-order valence-corrected chi connectivity index (χ1v) is 12.3. The molecule has 0 spiro atoms. The average Bonchev–Trinajstić information content (AvgIpc) is 3.34. The number of halogens is 1. The van der Waals surface area contributed by atoms with Crippen molar-refractivity contribution in [3.63, 3.8) is 0 Å². The van der Waals surface area contributed by atoms with Gasteiger partial charge in [0.05, 0.1) is 24.7 Å². The molecule has 0 atom stereocenters. The highest BCUT2D eigenvalue weighted by Gasteiger charge is 2.19. The molecular formula is C26H28ClN5O2. The Balaban J connectivity index is 1.22. The van der Waals surface area contributed by atoms with Crippen molar-refractivity contribution in [2.45, 2.75) is 57.5 Å². The lowest BCUT2D eigenvalue weighted by Crippen LogP contribution is -2.19. The Hall–Kier alpha value is -3.19. The minimum absolute atomic E-state index is 0.0354. The quantitative estimate of drug-likeness (QED) is 0.326. The third kappa shape index (κ3) is 5.14. The second-order valence-electron chi connectivity index (χ2n) is 8.89. The van der Waals surface area contributed by atoms with E-state index < -0.39 is 0 Å². The van der Waals surface area contributed by atoms with Crippen LogP contribution in [0.15, 0.2) is 59.4 Å². The minimum atomic E-state index is -0.0354. The van der Waals surface area contributed by atoms with Crippen LogP contribution >= 0.6 is 11.6 Å². The van der Waals surface area contributed by atoms with Gasteiger partial charge in [0.2, 0.25) is 0 Å². The Morgan fingerprint density at radius 2 is 1.82 bits per heavy atom. The van der Waals surface area contributed by atoms with E-state index in [4.69, 9.17) is 16.3 Å². The van der Waals surface area contributed by atoms with Gasteiger partial charge >= 0.3 is 0 Å². The highest BCUT2D eigenvalue weighted by atomic mass is 35.5. The number of rotatable bonds is 8. The molecule has 0 amide bonds. The van der Waals surface area contributed by atoms with Crippen LogP contribution in [-0.2, 0) is 13.0 Å². The van der Waals surface area contributed by atoms with Crippen LogP contribution in [0.25, 0.3) is 10.9 Å². The zero-order chi connectivity index (χ0) is 23.3. The summed E-state index contributed by atoms with van der Waals surface area (Å²) in [5, 5.41) is 14.0. The van der Waals surface area contributed by atoms with Gasteiger partial charge in [-0.2, -0.15) is 0 Å². The number of aromatic nitrogens is 5. The van der Waals surface area contributed by atoms with Gasteiger partial charge in [-0.15, -0.1) is 5.10 Å². The molecule has 4 aromatic rings. The molecule has 5 rings (SSSR count). The van der Waals surface area contributed by atoms with E-state index in [1.165, 1.54) is 19.3 Å². The summed E-state index contributed by atoms with van der Waals surface area (Å²) in [6.45, 7) is 1.07. The largest absolute Gasteiger partial charge is 0.494 e.